The fourth-order valence-electron chi connectivity index (χ4n) is 3.87. The normalized spacial score (nSPS) is 18.0. The van der Waals surface area contributed by atoms with Crippen molar-refractivity contribution in [1.82, 2.24) is 10.2 Å². The van der Waals surface area contributed by atoms with Crippen molar-refractivity contribution in [2.24, 2.45) is 5.92 Å². The van der Waals surface area contributed by atoms with Gasteiger partial charge in [-0.3, -0.25) is 14.4 Å². The molecule has 1 heterocycles. The van der Waals surface area contributed by atoms with Gasteiger partial charge in [0.1, 0.15) is 0 Å². The molecule has 2 N–H and O–H groups in total. The number of hydrogen-bond acceptors (Lipinski definition) is 3. The van der Waals surface area contributed by atoms with Gasteiger partial charge in [0.2, 0.25) is 0 Å². The van der Waals surface area contributed by atoms with Crippen LogP contribution in [-0.4, -0.2) is 42.3 Å². The molecule has 0 radical (unpaired) electrons. The standard InChI is InChI=1S/C21H29N3O3/c25-19(22-15-16-7-3-4-8-16)20(26)23-18-11-9-17(10-12-18)21(27)24-13-5-1-2-6-14-24/h9-12,16H,1-8,13-15H2,(H,22,25)(H,23,26). The molecule has 0 bridgehead atoms. The van der Waals surface area contributed by atoms with E-state index in [9.17, 15) is 14.4 Å². The lowest BCUT2D eigenvalue weighted by atomic mass is 10.1. The highest BCUT2D eigenvalue weighted by atomic mass is 16.2. The summed E-state index contributed by atoms with van der Waals surface area (Å²) in [7, 11) is 0. The van der Waals surface area contributed by atoms with Gasteiger partial charge in [0.15, 0.2) is 0 Å². The van der Waals surface area contributed by atoms with E-state index in [1.54, 1.807) is 24.3 Å². The first-order chi connectivity index (χ1) is 13.1. The molecule has 1 aromatic rings. The van der Waals surface area contributed by atoms with Crippen LogP contribution in [0.3, 0.4) is 0 Å². The lowest BCUT2D eigenvalue weighted by Crippen LogP contribution is -2.37. The summed E-state index contributed by atoms with van der Waals surface area (Å²) in [5, 5.41) is 5.31. The van der Waals surface area contributed by atoms with E-state index in [2.05, 4.69) is 10.6 Å². The molecule has 1 saturated carbocycles. The topological polar surface area (TPSA) is 78.5 Å². The second kappa shape index (κ2) is 9.53. The number of nitrogens with one attached hydrogen (secondary N) is 2. The van der Waals surface area contributed by atoms with Crippen LogP contribution in [0.15, 0.2) is 24.3 Å². The van der Waals surface area contributed by atoms with Gasteiger partial charge < -0.3 is 15.5 Å². The first kappa shape index (κ1) is 19.4. The third kappa shape index (κ3) is 5.55. The van der Waals surface area contributed by atoms with Crippen LogP contribution >= 0.6 is 0 Å². The predicted molar refractivity (Wildman–Crippen MR) is 104 cm³/mol. The van der Waals surface area contributed by atoms with Crippen molar-refractivity contribution in [2.75, 3.05) is 25.0 Å². The number of likely N-dealkylation sites (tertiary alicyclic amines) is 1. The number of benzene rings is 1. The Bertz CT molecular complexity index is 658. The highest BCUT2D eigenvalue weighted by Crippen LogP contribution is 2.23. The molecule has 3 amide bonds. The van der Waals surface area contributed by atoms with Crippen molar-refractivity contribution in [3.05, 3.63) is 29.8 Å². The summed E-state index contributed by atoms with van der Waals surface area (Å²) in [6.07, 6.45) is 9.11. The van der Waals surface area contributed by atoms with Crippen molar-refractivity contribution >= 4 is 23.4 Å². The molecule has 146 valence electrons. The Morgan fingerprint density at radius 2 is 1.48 bits per heavy atom. The van der Waals surface area contributed by atoms with Crippen LogP contribution in [0, 0.1) is 5.92 Å². The predicted octanol–water partition coefficient (Wildman–Crippen LogP) is 2.95. The number of rotatable bonds is 4. The third-order valence-corrected chi connectivity index (χ3v) is 5.52. The summed E-state index contributed by atoms with van der Waals surface area (Å²) < 4.78 is 0. The van der Waals surface area contributed by atoms with E-state index >= 15 is 0 Å². The van der Waals surface area contributed by atoms with Gasteiger partial charge in [-0.25, -0.2) is 0 Å². The van der Waals surface area contributed by atoms with Crippen LogP contribution in [0.5, 0.6) is 0 Å². The summed E-state index contributed by atoms with van der Waals surface area (Å²) in [5.74, 6) is -0.749. The maximum absolute atomic E-state index is 12.6. The van der Waals surface area contributed by atoms with E-state index in [1.165, 1.54) is 25.7 Å². The Morgan fingerprint density at radius 3 is 2.11 bits per heavy atom. The van der Waals surface area contributed by atoms with Crippen LogP contribution in [-0.2, 0) is 9.59 Å². The molecule has 0 unspecified atom stereocenters. The van der Waals surface area contributed by atoms with Crippen LogP contribution in [0.4, 0.5) is 5.69 Å². The lowest BCUT2D eigenvalue weighted by molar-refractivity contribution is -0.136. The van der Waals surface area contributed by atoms with Crippen molar-refractivity contribution in [1.29, 1.82) is 0 Å². The fourth-order valence-corrected chi connectivity index (χ4v) is 3.87. The minimum Gasteiger partial charge on any atom is -0.348 e. The van der Waals surface area contributed by atoms with E-state index in [0.717, 1.165) is 38.8 Å². The molecule has 6 nitrogen and oxygen atoms in total. The Balaban J connectivity index is 1.49. The molecule has 6 heteroatoms. The maximum atomic E-state index is 12.6. The Hall–Kier alpha value is -2.37. The molecule has 27 heavy (non-hydrogen) atoms. The van der Waals surface area contributed by atoms with Crippen LogP contribution < -0.4 is 10.6 Å². The number of anilines is 1. The Labute approximate surface area is 160 Å². The molecule has 2 fully saturated rings. The lowest BCUT2D eigenvalue weighted by Gasteiger charge is -2.20. The van der Waals surface area contributed by atoms with Gasteiger partial charge in [-0.05, 0) is 55.9 Å². The molecule has 1 aliphatic heterocycles. The average molecular weight is 371 g/mol. The monoisotopic (exact) mass is 371 g/mol. The van der Waals surface area contributed by atoms with Crippen molar-refractivity contribution < 1.29 is 14.4 Å². The molecule has 0 spiro atoms. The van der Waals surface area contributed by atoms with E-state index in [4.69, 9.17) is 0 Å². The minimum absolute atomic E-state index is 0.0316. The molecule has 2 aliphatic rings. The molecule has 1 aliphatic carbocycles. The van der Waals surface area contributed by atoms with Gasteiger partial charge in [0.05, 0.1) is 0 Å². The zero-order chi connectivity index (χ0) is 19.1. The van der Waals surface area contributed by atoms with Gasteiger partial charge in [0, 0.05) is 30.9 Å². The zero-order valence-corrected chi connectivity index (χ0v) is 15.8. The summed E-state index contributed by atoms with van der Waals surface area (Å²) >= 11 is 0. The summed E-state index contributed by atoms with van der Waals surface area (Å²) in [4.78, 5) is 38.4. The van der Waals surface area contributed by atoms with Gasteiger partial charge >= 0.3 is 11.8 Å². The van der Waals surface area contributed by atoms with Crippen molar-refractivity contribution in [3.8, 4) is 0 Å². The van der Waals surface area contributed by atoms with E-state index in [0.29, 0.717) is 23.7 Å². The second-order valence-electron chi connectivity index (χ2n) is 7.60. The average Bonchev–Trinajstić information content (AvgIpc) is 3.06. The summed E-state index contributed by atoms with van der Waals surface area (Å²) in [5.41, 5.74) is 1.13. The van der Waals surface area contributed by atoms with Gasteiger partial charge in [-0.2, -0.15) is 0 Å². The maximum Gasteiger partial charge on any atom is 0.313 e. The number of carbonyl (C=O) groups is 3. The quantitative estimate of drug-likeness (QED) is 0.799. The van der Waals surface area contributed by atoms with E-state index < -0.39 is 11.8 Å². The molecule has 0 aromatic heterocycles. The molecule has 1 saturated heterocycles. The van der Waals surface area contributed by atoms with Gasteiger partial charge in [0.25, 0.3) is 5.91 Å². The third-order valence-electron chi connectivity index (χ3n) is 5.52. The highest BCUT2D eigenvalue weighted by molar-refractivity contribution is 6.39. The van der Waals surface area contributed by atoms with Crippen molar-refractivity contribution in [3.63, 3.8) is 0 Å². The Kier molecular flexibility index (Phi) is 6.85. The minimum atomic E-state index is -0.667. The van der Waals surface area contributed by atoms with Crippen LogP contribution in [0.25, 0.3) is 0 Å². The van der Waals surface area contributed by atoms with Gasteiger partial charge in [-0.1, -0.05) is 25.7 Å². The molecule has 0 atom stereocenters. The number of amides is 3. The summed E-state index contributed by atoms with van der Waals surface area (Å²) in [6, 6.07) is 6.76. The van der Waals surface area contributed by atoms with Crippen molar-refractivity contribution in [2.45, 2.75) is 51.4 Å². The molecular formula is C21H29N3O3. The molecule has 1 aromatic carbocycles. The first-order valence-electron chi connectivity index (χ1n) is 10.1. The number of hydrogen-bond donors (Lipinski definition) is 2. The highest BCUT2D eigenvalue weighted by Gasteiger charge is 2.20. The smallest absolute Gasteiger partial charge is 0.313 e. The molecule has 3 rings (SSSR count). The number of carbonyl (C=O) groups excluding carboxylic acids is 3. The second-order valence-corrected chi connectivity index (χ2v) is 7.60. The van der Waals surface area contributed by atoms with E-state index in [-0.39, 0.29) is 5.91 Å². The van der Waals surface area contributed by atoms with E-state index in [1.807, 2.05) is 4.90 Å². The first-order valence-corrected chi connectivity index (χ1v) is 10.1. The zero-order valence-electron chi connectivity index (χ0n) is 15.8. The largest absolute Gasteiger partial charge is 0.348 e. The van der Waals surface area contributed by atoms with Crippen LogP contribution in [0.2, 0.25) is 0 Å². The van der Waals surface area contributed by atoms with Crippen LogP contribution in [0.1, 0.15) is 61.7 Å². The fraction of sp³-hybridized carbons (Fsp3) is 0.571. The van der Waals surface area contributed by atoms with Gasteiger partial charge in [-0.15, -0.1) is 0 Å². The Morgan fingerprint density at radius 1 is 0.852 bits per heavy atom. The number of nitrogens with zero attached hydrogens (tertiary/aromatic N) is 1. The SMILES string of the molecule is O=C(NCC1CCCC1)C(=O)Nc1ccc(C(=O)N2CCCCCC2)cc1. The molecular weight excluding hydrogens is 342 g/mol. The summed E-state index contributed by atoms with van der Waals surface area (Å²) in [6.45, 7) is 2.17.